The van der Waals surface area contributed by atoms with Crippen molar-refractivity contribution >= 4 is 11.6 Å². The average Bonchev–Trinajstić information content (AvgIpc) is 2.93. The molecule has 1 aliphatic heterocycles. The maximum atomic E-state index is 14.0. The summed E-state index contributed by atoms with van der Waals surface area (Å²) in [5, 5.41) is 5.53. The monoisotopic (exact) mass is 300 g/mol. The van der Waals surface area contributed by atoms with Crippen LogP contribution < -0.4 is 0 Å². The molecule has 0 aromatic heterocycles. The highest BCUT2D eigenvalue weighted by atomic mass is 19.1. The summed E-state index contributed by atoms with van der Waals surface area (Å²) in [6, 6.07) is 11.8. The highest BCUT2D eigenvalue weighted by Crippen LogP contribution is 2.34. The Morgan fingerprint density at radius 1 is 1.18 bits per heavy atom. The Balaban J connectivity index is 1.99. The molecule has 5 heteroatoms. The zero-order valence-corrected chi connectivity index (χ0v) is 12.0. The molecule has 1 aliphatic rings. The number of hydrazone groups is 1. The molecule has 0 radical (unpaired) electrons. The molecule has 3 rings (SSSR count). The van der Waals surface area contributed by atoms with E-state index < -0.39 is 6.04 Å². The Morgan fingerprint density at radius 3 is 2.64 bits per heavy atom. The quantitative estimate of drug-likeness (QED) is 0.833. The van der Waals surface area contributed by atoms with Crippen LogP contribution in [0.15, 0.2) is 53.6 Å². The SMILES string of the molecule is CC(=O)N1N=C(c2cccc(F)c2)C[C@@H]1c1ccccc1F. The number of benzene rings is 2. The predicted molar refractivity (Wildman–Crippen MR) is 79.2 cm³/mol. The van der Waals surface area contributed by atoms with Crippen molar-refractivity contribution in [1.82, 2.24) is 5.01 Å². The van der Waals surface area contributed by atoms with Gasteiger partial charge in [0.15, 0.2) is 0 Å². The van der Waals surface area contributed by atoms with E-state index in [0.717, 1.165) is 0 Å². The topological polar surface area (TPSA) is 32.7 Å². The number of amides is 1. The number of hydrogen-bond donors (Lipinski definition) is 0. The van der Waals surface area contributed by atoms with Crippen molar-refractivity contribution in [3.8, 4) is 0 Å². The highest BCUT2D eigenvalue weighted by Gasteiger charge is 2.32. The number of rotatable bonds is 2. The van der Waals surface area contributed by atoms with E-state index in [9.17, 15) is 13.6 Å². The van der Waals surface area contributed by atoms with Crippen molar-refractivity contribution < 1.29 is 13.6 Å². The van der Waals surface area contributed by atoms with Gasteiger partial charge < -0.3 is 0 Å². The Hall–Kier alpha value is -2.56. The molecule has 0 bridgehead atoms. The van der Waals surface area contributed by atoms with Gasteiger partial charge in [0.2, 0.25) is 5.91 Å². The van der Waals surface area contributed by atoms with Crippen molar-refractivity contribution in [3.05, 3.63) is 71.3 Å². The van der Waals surface area contributed by atoms with Crippen LogP contribution in [0.3, 0.4) is 0 Å². The first-order chi connectivity index (χ1) is 10.6. The average molecular weight is 300 g/mol. The number of carbonyl (C=O) groups is 1. The van der Waals surface area contributed by atoms with Crippen LogP contribution in [0.25, 0.3) is 0 Å². The molecule has 112 valence electrons. The van der Waals surface area contributed by atoms with Crippen molar-refractivity contribution in [3.63, 3.8) is 0 Å². The lowest BCUT2D eigenvalue weighted by Crippen LogP contribution is -2.25. The van der Waals surface area contributed by atoms with Gasteiger partial charge in [0.05, 0.1) is 11.8 Å². The molecule has 0 unspecified atom stereocenters. The summed E-state index contributed by atoms with van der Waals surface area (Å²) >= 11 is 0. The molecule has 1 atom stereocenters. The molecule has 0 spiro atoms. The van der Waals surface area contributed by atoms with E-state index in [1.54, 1.807) is 30.3 Å². The van der Waals surface area contributed by atoms with Gasteiger partial charge in [0.25, 0.3) is 0 Å². The van der Waals surface area contributed by atoms with E-state index in [-0.39, 0.29) is 17.5 Å². The third-order valence-electron chi connectivity index (χ3n) is 3.66. The third kappa shape index (κ3) is 2.62. The normalized spacial score (nSPS) is 17.5. The summed E-state index contributed by atoms with van der Waals surface area (Å²) in [6.45, 7) is 1.38. The molecule has 1 amide bonds. The van der Waals surface area contributed by atoms with Crippen LogP contribution in [0.2, 0.25) is 0 Å². The predicted octanol–water partition coefficient (Wildman–Crippen LogP) is 3.66. The van der Waals surface area contributed by atoms with Crippen LogP contribution in [0.1, 0.15) is 30.5 Å². The van der Waals surface area contributed by atoms with E-state index in [1.165, 1.54) is 30.1 Å². The number of nitrogens with zero attached hydrogens (tertiary/aromatic N) is 2. The van der Waals surface area contributed by atoms with Gasteiger partial charge >= 0.3 is 0 Å². The maximum Gasteiger partial charge on any atom is 0.240 e. The summed E-state index contributed by atoms with van der Waals surface area (Å²) in [5.74, 6) is -1.03. The number of hydrogen-bond acceptors (Lipinski definition) is 2. The first-order valence-corrected chi connectivity index (χ1v) is 6.94. The lowest BCUT2D eigenvalue weighted by Gasteiger charge is -2.20. The molecular formula is C17H14F2N2O. The Bertz CT molecular complexity index is 758. The van der Waals surface area contributed by atoms with Gasteiger partial charge in [-0.15, -0.1) is 0 Å². The van der Waals surface area contributed by atoms with Crippen LogP contribution in [-0.2, 0) is 4.79 Å². The minimum Gasteiger partial charge on any atom is -0.273 e. The first kappa shape index (κ1) is 14.4. The number of halogens is 2. The summed E-state index contributed by atoms with van der Waals surface area (Å²) < 4.78 is 27.4. The van der Waals surface area contributed by atoms with Gasteiger partial charge in [-0.2, -0.15) is 5.10 Å². The fourth-order valence-electron chi connectivity index (χ4n) is 2.63. The lowest BCUT2D eigenvalue weighted by molar-refractivity contribution is -0.130. The second-order valence-corrected chi connectivity index (χ2v) is 5.16. The standard InChI is InChI=1S/C17H14F2N2O/c1-11(22)21-17(14-7-2-3-8-15(14)19)10-16(20-21)12-5-4-6-13(18)9-12/h2-9,17H,10H2,1H3/t17-/m1/s1. The molecule has 0 saturated carbocycles. The molecule has 0 saturated heterocycles. The zero-order chi connectivity index (χ0) is 15.7. The fraction of sp³-hybridized carbons (Fsp3) is 0.176. The third-order valence-corrected chi connectivity index (χ3v) is 3.66. The molecule has 22 heavy (non-hydrogen) atoms. The van der Waals surface area contributed by atoms with Crippen LogP contribution in [-0.4, -0.2) is 16.6 Å². The van der Waals surface area contributed by atoms with Gasteiger partial charge in [-0.3, -0.25) is 4.79 Å². The van der Waals surface area contributed by atoms with E-state index in [0.29, 0.717) is 23.3 Å². The Morgan fingerprint density at radius 2 is 1.95 bits per heavy atom. The van der Waals surface area contributed by atoms with Crippen LogP contribution >= 0.6 is 0 Å². The molecule has 3 nitrogen and oxygen atoms in total. The Labute approximate surface area is 126 Å². The Kier molecular flexibility index (Phi) is 3.71. The molecule has 1 heterocycles. The largest absolute Gasteiger partial charge is 0.273 e. The first-order valence-electron chi connectivity index (χ1n) is 6.94. The highest BCUT2D eigenvalue weighted by molar-refractivity contribution is 6.03. The lowest BCUT2D eigenvalue weighted by atomic mass is 9.98. The van der Waals surface area contributed by atoms with E-state index in [1.807, 2.05) is 0 Å². The van der Waals surface area contributed by atoms with Crippen molar-refractivity contribution in [2.45, 2.75) is 19.4 Å². The smallest absolute Gasteiger partial charge is 0.240 e. The van der Waals surface area contributed by atoms with Crippen molar-refractivity contribution in [2.75, 3.05) is 0 Å². The van der Waals surface area contributed by atoms with Crippen molar-refractivity contribution in [1.29, 1.82) is 0 Å². The molecular weight excluding hydrogens is 286 g/mol. The molecule has 0 aliphatic carbocycles. The molecule has 2 aromatic rings. The van der Waals surface area contributed by atoms with Crippen LogP contribution in [0.5, 0.6) is 0 Å². The summed E-state index contributed by atoms with van der Waals surface area (Å²) in [5.41, 5.74) is 1.58. The second-order valence-electron chi connectivity index (χ2n) is 5.16. The van der Waals surface area contributed by atoms with E-state index >= 15 is 0 Å². The van der Waals surface area contributed by atoms with Crippen molar-refractivity contribution in [2.24, 2.45) is 5.10 Å². The second kappa shape index (κ2) is 5.67. The van der Waals surface area contributed by atoms with E-state index in [4.69, 9.17) is 0 Å². The minimum atomic E-state index is -0.503. The van der Waals surface area contributed by atoms with Gasteiger partial charge in [-0.25, -0.2) is 13.8 Å². The number of carbonyl (C=O) groups excluding carboxylic acids is 1. The fourth-order valence-corrected chi connectivity index (χ4v) is 2.63. The molecule has 2 aromatic carbocycles. The summed E-state index contributed by atoms with van der Waals surface area (Å²) in [7, 11) is 0. The van der Waals surface area contributed by atoms with Gasteiger partial charge in [-0.05, 0) is 18.2 Å². The zero-order valence-electron chi connectivity index (χ0n) is 12.0. The molecule has 0 N–H and O–H groups in total. The summed E-state index contributed by atoms with van der Waals surface area (Å²) in [4.78, 5) is 11.8. The maximum absolute atomic E-state index is 14.0. The van der Waals surface area contributed by atoms with E-state index in [2.05, 4.69) is 5.10 Å². The molecule has 0 fully saturated rings. The van der Waals surface area contributed by atoms with Gasteiger partial charge in [-0.1, -0.05) is 30.3 Å². The van der Waals surface area contributed by atoms with Crippen LogP contribution in [0, 0.1) is 11.6 Å². The van der Waals surface area contributed by atoms with Gasteiger partial charge in [0.1, 0.15) is 11.6 Å². The van der Waals surface area contributed by atoms with Gasteiger partial charge in [0, 0.05) is 24.5 Å². The van der Waals surface area contributed by atoms with Crippen LogP contribution in [0.4, 0.5) is 8.78 Å². The minimum absolute atomic E-state index is 0.278. The summed E-state index contributed by atoms with van der Waals surface area (Å²) in [6.07, 6.45) is 0.351.